The number of halogens is 1. The molecule has 0 aromatic heterocycles. The molecule has 1 fully saturated rings. The number of hydrogen-bond acceptors (Lipinski definition) is 1. The van der Waals surface area contributed by atoms with Crippen molar-refractivity contribution >= 4 is 12.4 Å². The quantitative estimate of drug-likeness (QED) is 0.713. The monoisotopic (exact) mass is 235 g/mol. The molecular weight excluding hydrogens is 218 g/mol. The van der Waals surface area contributed by atoms with Crippen molar-refractivity contribution in [3.63, 3.8) is 0 Å². The molecule has 1 saturated heterocycles. The highest BCUT2D eigenvalue weighted by Gasteiger charge is 2.19. The van der Waals surface area contributed by atoms with Gasteiger partial charge in [-0.2, -0.15) is 0 Å². The summed E-state index contributed by atoms with van der Waals surface area (Å²) in [5.74, 6) is 3.41. The van der Waals surface area contributed by atoms with Gasteiger partial charge in [-0.05, 0) is 30.9 Å². The first-order valence-electron chi connectivity index (χ1n) is 5.61. The highest BCUT2D eigenvalue weighted by atomic mass is 35.5. The van der Waals surface area contributed by atoms with Crippen LogP contribution in [0.4, 0.5) is 0 Å². The van der Waals surface area contributed by atoms with Crippen molar-refractivity contribution in [3.8, 4) is 12.3 Å². The molecule has 0 spiro atoms. The van der Waals surface area contributed by atoms with Gasteiger partial charge in [-0.15, -0.1) is 18.8 Å². The average Bonchev–Trinajstić information content (AvgIpc) is 2.31. The van der Waals surface area contributed by atoms with Gasteiger partial charge in [0.05, 0.1) is 6.54 Å². The summed E-state index contributed by atoms with van der Waals surface area (Å²) < 4.78 is 0. The van der Waals surface area contributed by atoms with Gasteiger partial charge in [0.2, 0.25) is 0 Å². The van der Waals surface area contributed by atoms with Gasteiger partial charge < -0.3 is 0 Å². The van der Waals surface area contributed by atoms with E-state index in [1.54, 1.807) is 0 Å². The molecule has 0 saturated carbocycles. The van der Waals surface area contributed by atoms with E-state index in [1.165, 1.54) is 18.4 Å². The van der Waals surface area contributed by atoms with Crippen molar-refractivity contribution in [2.45, 2.75) is 18.8 Å². The van der Waals surface area contributed by atoms with Gasteiger partial charge in [0, 0.05) is 6.54 Å². The number of rotatable bonds is 2. The van der Waals surface area contributed by atoms with Gasteiger partial charge >= 0.3 is 0 Å². The highest BCUT2D eigenvalue weighted by Crippen LogP contribution is 2.26. The number of piperidine rings is 1. The Bertz CT molecular complexity index is 342. The second-order valence-electron chi connectivity index (χ2n) is 4.19. The average molecular weight is 236 g/mol. The summed E-state index contributed by atoms with van der Waals surface area (Å²) in [6.07, 6.45) is 7.91. The molecule has 2 rings (SSSR count). The van der Waals surface area contributed by atoms with E-state index in [4.69, 9.17) is 6.42 Å². The predicted molar refractivity (Wildman–Crippen MR) is 70.9 cm³/mol. The number of terminal acetylenes is 1. The number of nitrogens with zero attached hydrogens (tertiary/aromatic N) is 1. The molecule has 1 unspecified atom stereocenters. The van der Waals surface area contributed by atoms with E-state index in [-0.39, 0.29) is 12.4 Å². The largest absolute Gasteiger partial charge is 0.292 e. The molecule has 86 valence electrons. The minimum absolute atomic E-state index is 0. The van der Waals surface area contributed by atoms with Gasteiger partial charge in [0.15, 0.2) is 0 Å². The molecule has 0 radical (unpaired) electrons. The fraction of sp³-hybridized carbons (Fsp3) is 0.429. The molecule has 0 aliphatic carbocycles. The SMILES string of the molecule is C#CCN1CCCC(c2ccccc2)C1.Cl. The molecule has 0 bridgehead atoms. The van der Waals surface area contributed by atoms with Crippen molar-refractivity contribution in [2.24, 2.45) is 0 Å². The first-order valence-corrected chi connectivity index (χ1v) is 5.61. The lowest BCUT2D eigenvalue weighted by molar-refractivity contribution is 0.231. The zero-order valence-electron chi connectivity index (χ0n) is 9.43. The highest BCUT2D eigenvalue weighted by molar-refractivity contribution is 5.85. The van der Waals surface area contributed by atoms with Crippen LogP contribution in [0.3, 0.4) is 0 Å². The third kappa shape index (κ3) is 3.27. The third-order valence-corrected chi connectivity index (χ3v) is 3.09. The van der Waals surface area contributed by atoms with E-state index in [2.05, 4.69) is 41.2 Å². The zero-order chi connectivity index (χ0) is 10.5. The molecule has 1 nitrogen and oxygen atoms in total. The maximum atomic E-state index is 5.35. The minimum atomic E-state index is 0. The van der Waals surface area contributed by atoms with Crippen molar-refractivity contribution in [1.29, 1.82) is 0 Å². The molecule has 1 aliphatic heterocycles. The topological polar surface area (TPSA) is 3.24 Å². The smallest absolute Gasteiger partial charge is 0.0599 e. The summed E-state index contributed by atoms with van der Waals surface area (Å²) in [7, 11) is 0. The lowest BCUT2D eigenvalue weighted by Gasteiger charge is -2.31. The van der Waals surface area contributed by atoms with Gasteiger partial charge in [-0.1, -0.05) is 36.3 Å². The fourth-order valence-corrected chi connectivity index (χ4v) is 2.33. The molecule has 1 aromatic carbocycles. The van der Waals surface area contributed by atoms with Crippen molar-refractivity contribution in [1.82, 2.24) is 4.90 Å². The molecular formula is C14H18ClN. The van der Waals surface area contributed by atoms with E-state index in [1.807, 2.05) is 0 Å². The van der Waals surface area contributed by atoms with E-state index in [0.717, 1.165) is 19.6 Å². The maximum Gasteiger partial charge on any atom is 0.0599 e. The number of benzene rings is 1. The lowest BCUT2D eigenvalue weighted by Crippen LogP contribution is -2.34. The Morgan fingerprint density at radius 2 is 2.06 bits per heavy atom. The Labute approximate surface area is 104 Å². The minimum Gasteiger partial charge on any atom is -0.292 e. The molecule has 16 heavy (non-hydrogen) atoms. The summed E-state index contributed by atoms with van der Waals surface area (Å²) in [4.78, 5) is 2.38. The summed E-state index contributed by atoms with van der Waals surface area (Å²) in [6, 6.07) is 10.8. The normalized spacial score (nSPS) is 20.8. The van der Waals surface area contributed by atoms with E-state index in [9.17, 15) is 0 Å². The molecule has 1 atom stereocenters. The Morgan fingerprint density at radius 3 is 2.75 bits per heavy atom. The third-order valence-electron chi connectivity index (χ3n) is 3.09. The van der Waals surface area contributed by atoms with Crippen LogP contribution >= 0.6 is 12.4 Å². The lowest BCUT2D eigenvalue weighted by atomic mass is 9.91. The molecule has 1 heterocycles. The van der Waals surface area contributed by atoms with Crippen LogP contribution in [-0.4, -0.2) is 24.5 Å². The number of hydrogen-bond donors (Lipinski definition) is 0. The summed E-state index contributed by atoms with van der Waals surface area (Å²) in [5.41, 5.74) is 1.46. The molecule has 0 amide bonds. The summed E-state index contributed by atoms with van der Waals surface area (Å²) >= 11 is 0. The van der Waals surface area contributed by atoms with Gasteiger partial charge in [-0.25, -0.2) is 0 Å². The van der Waals surface area contributed by atoms with Gasteiger partial charge in [0.1, 0.15) is 0 Å². The predicted octanol–water partition coefficient (Wildman–Crippen LogP) is 2.92. The van der Waals surface area contributed by atoms with Crippen LogP contribution in [0.1, 0.15) is 24.3 Å². The van der Waals surface area contributed by atoms with E-state index in [0.29, 0.717) is 5.92 Å². The summed E-state index contributed by atoms with van der Waals surface area (Å²) in [5, 5.41) is 0. The maximum absolute atomic E-state index is 5.35. The van der Waals surface area contributed by atoms with Crippen LogP contribution in [0, 0.1) is 12.3 Å². The number of likely N-dealkylation sites (tertiary alicyclic amines) is 1. The van der Waals surface area contributed by atoms with E-state index < -0.39 is 0 Å². The Balaban J connectivity index is 0.00000128. The molecule has 1 aliphatic rings. The summed E-state index contributed by atoms with van der Waals surface area (Å²) in [6.45, 7) is 3.07. The van der Waals surface area contributed by atoms with Crippen LogP contribution in [0.2, 0.25) is 0 Å². The van der Waals surface area contributed by atoms with E-state index >= 15 is 0 Å². The van der Waals surface area contributed by atoms with Gasteiger partial charge in [-0.3, -0.25) is 4.90 Å². The van der Waals surface area contributed by atoms with Crippen LogP contribution in [-0.2, 0) is 0 Å². The second-order valence-corrected chi connectivity index (χ2v) is 4.19. The first-order chi connectivity index (χ1) is 7.40. The second kappa shape index (κ2) is 6.58. The van der Waals surface area contributed by atoms with Crippen molar-refractivity contribution in [2.75, 3.05) is 19.6 Å². The van der Waals surface area contributed by atoms with Crippen molar-refractivity contribution < 1.29 is 0 Å². The Morgan fingerprint density at radius 1 is 1.31 bits per heavy atom. The van der Waals surface area contributed by atoms with Crippen molar-refractivity contribution in [3.05, 3.63) is 35.9 Å². The van der Waals surface area contributed by atoms with Gasteiger partial charge in [0.25, 0.3) is 0 Å². The molecule has 0 N–H and O–H groups in total. The molecule has 2 heteroatoms. The standard InChI is InChI=1S/C14H17N.ClH/c1-2-10-15-11-6-9-14(12-15)13-7-4-3-5-8-13;/h1,3-5,7-8,14H,6,9-12H2;1H. The van der Waals surface area contributed by atoms with Crippen LogP contribution < -0.4 is 0 Å². The Kier molecular flexibility index (Phi) is 5.38. The Hall–Kier alpha value is -0.970. The fourth-order valence-electron chi connectivity index (χ4n) is 2.33. The molecule has 1 aromatic rings. The zero-order valence-corrected chi connectivity index (χ0v) is 10.2. The van der Waals surface area contributed by atoms with Crippen LogP contribution in [0.5, 0.6) is 0 Å². The first kappa shape index (κ1) is 13.1. The van der Waals surface area contributed by atoms with Crippen LogP contribution in [0.25, 0.3) is 0 Å². The van der Waals surface area contributed by atoms with Crippen LogP contribution in [0.15, 0.2) is 30.3 Å².